The van der Waals surface area contributed by atoms with Gasteiger partial charge in [-0.2, -0.15) is 0 Å². The Morgan fingerprint density at radius 2 is 0.750 bits per heavy atom. The number of nitrogens with zero attached hydrogens (tertiary/aromatic N) is 2. The molecule has 76 heavy (non-hydrogen) atoms. The SMILES string of the molecule is CC(C)(C)c1cc(-c2ccc(SCCP(c3ccccc3)c3ccccc3)cc2)cc(C=NC2CCCCC2N=Cc2cc(-c3ccc(SCCP(c4ccccc4)c4ccccc4)cc3)cc(C(C)(C)C)c2O)c1O. The van der Waals surface area contributed by atoms with Gasteiger partial charge in [0.15, 0.2) is 0 Å². The van der Waals surface area contributed by atoms with Gasteiger partial charge in [0.1, 0.15) is 11.5 Å². The van der Waals surface area contributed by atoms with Gasteiger partial charge in [-0.25, -0.2) is 0 Å². The average molecular weight is 1080 g/mol. The normalized spacial score (nSPS) is 15.3. The minimum absolute atomic E-state index is 0.0541. The minimum atomic E-state index is -0.440. The standard InChI is InChI=1S/C68H72N2O2P2S2/c1-67(2,3)61-45-51(49-31-35-59(36-32-49)75-41-39-73(55-21-11-7-12-22-55)56-23-13-8-14-24-56)43-53(65(61)71)47-69-63-29-19-20-30-64(63)70-48-54-44-52(46-62(66(54)72)68(4,5)6)50-33-37-60(38-34-50)76-42-40-74(57-25-15-9-16-26-57)58-27-17-10-18-28-58/h7-18,21-28,31-38,43-48,63-64,71-72H,19-20,29-30,39-42H2,1-6H3. The fraction of sp³-hybridized carbons (Fsp3) is 0.265. The van der Waals surface area contributed by atoms with Gasteiger partial charge < -0.3 is 10.2 Å². The van der Waals surface area contributed by atoms with Crippen LogP contribution < -0.4 is 21.2 Å². The van der Waals surface area contributed by atoms with Gasteiger partial charge in [0.25, 0.3) is 0 Å². The van der Waals surface area contributed by atoms with Crippen molar-refractivity contribution in [2.24, 2.45) is 9.98 Å². The van der Waals surface area contributed by atoms with Crippen LogP contribution in [0.15, 0.2) is 214 Å². The Balaban J connectivity index is 0.896. The second-order valence-corrected chi connectivity index (χ2v) is 28.8. The lowest BCUT2D eigenvalue weighted by Gasteiger charge is -2.26. The van der Waals surface area contributed by atoms with Gasteiger partial charge in [0.05, 0.1) is 12.1 Å². The van der Waals surface area contributed by atoms with E-state index >= 15 is 0 Å². The molecule has 1 aliphatic carbocycles. The lowest BCUT2D eigenvalue weighted by atomic mass is 9.83. The summed E-state index contributed by atoms with van der Waals surface area (Å²) in [5.74, 6) is 2.62. The molecular formula is C68H72N2O2P2S2. The lowest BCUT2D eigenvalue weighted by molar-refractivity contribution is 0.390. The van der Waals surface area contributed by atoms with E-state index in [1.165, 1.54) is 31.0 Å². The largest absolute Gasteiger partial charge is 0.507 e. The molecule has 2 N–H and O–H groups in total. The zero-order valence-electron chi connectivity index (χ0n) is 44.9. The second-order valence-electron chi connectivity index (χ2n) is 21.8. The van der Waals surface area contributed by atoms with E-state index in [0.717, 1.165) is 94.0 Å². The average Bonchev–Trinajstić information content (AvgIpc) is 3.43. The van der Waals surface area contributed by atoms with Crippen molar-refractivity contribution >= 4 is 73.0 Å². The summed E-state index contributed by atoms with van der Waals surface area (Å²) in [6, 6.07) is 69.9. The molecule has 1 fully saturated rings. The third kappa shape index (κ3) is 14.2. The molecule has 8 heteroatoms. The van der Waals surface area contributed by atoms with Crippen LogP contribution in [-0.2, 0) is 10.8 Å². The van der Waals surface area contributed by atoms with Crippen molar-refractivity contribution in [2.45, 2.75) is 99.9 Å². The monoisotopic (exact) mass is 1070 g/mol. The summed E-state index contributed by atoms with van der Waals surface area (Å²) >= 11 is 3.83. The maximum Gasteiger partial charge on any atom is 0.128 e. The van der Waals surface area contributed by atoms with Crippen LogP contribution in [0.2, 0.25) is 0 Å². The number of hydrogen-bond acceptors (Lipinski definition) is 6. The van der Waals surface area contributed by atoms with Crippen molar-refractivity contribution in [1.29, 1.82) is 0 Å². The van der Waals surface area contributed by atoms with Crippen LogP contribution >= 0.6 is 39.4 Å². The van der Waals surface area contributed by atoms with Crippen molar-refractivity contribution in [3.8, 4) is 33.8 Å². The Morgan fingerprint density at radius 1 is 0.434 bits per heavy atom. The zero-order chi connectivity index (χ0) is 53.1. The van der Waals surface area contributed by atoms with Gasteiger partial charge in [-0.3, -0.25) is 9.98 Å². The maximum atomic E-state index is 11.8. The molecule has 1 aliphatic rings. The first kappa shape index (κ1) is 55.0. The first-order valence-corrected chi connectivity index (χ1v) is 31.8. The number of rotatable bonds is 18. The van der Waals surface area contributed by atoms with Gasteiger partial charge in [-0.1, -0.05) is 200 Å². The number of aromatic hydroxyl groups is 2. The van der Waals surface area contributed by atoms with Crippen molar-refractivity contribution in [3.05, 3.63) is 216 Å². The zero-order valence-corrected chi connectivity index (χ0v) is 48.4. The smallest absolute Gasteiger partial charge is 0.128 e. The molecule has 0 amide bonds. The molecule has 0 radical (unpaired) electrons. The molecule has 0 heterocycles. The topological polar surface area (TPSA) is 65.2 Å². The van der Waals surface area contributed by atoms with Crippen molar-refractivity contribution in [3.63, 3.8) is 0 Å². The van der Waals surface area contributed by atoms with E-state index < -0.39 is 15.8 Å². The number of phenols is 2. The highest BCUT2D eigenvalue weighted by atomic mass is 32.2. The Kier molecular flexibility index (Phi) is 18.5. The van der Waals surface area contributed by atoms with E-state index in [0.29, 0.717) is 0 Å². The van der Waals surface area contributed by atoms with E-state index in [9.17, 15) is 10.2 Å². The van der Waals surface area contributed by atoms with E-state index in [2.05, 4.69) is 236 Å². The fourth-order valence-electron chi connectivity index (χ4n) is 10.0. The van der Waals surface area contributed by atoms with Crippen LogP contribution in [0.25, 0.3) is 22.3 Å². The highest BCUT2D eigenvalue weighted by molar-refractivity contribution is 8.00. The second kappa shape index (κ2) is 25.6. The summed E-state index contributed by atoms with van der Waals surface area (Å²) in [5.41, 5.74) is 7.00. The van der Waals surface area contributed by atoms with Gasteiger partial charge in [-0.15, -0.1) is 23.5 Å². The third-order valence-corrected chi connectivity index (χ3v) is 21.9. The molecule has 0 saturated heterocycles. The molecule has 2 atom stereocenters. The molecule has 4 nitrogen and oxygen atoms in total. The van der Waals surface area contributed by atoms with E-state index in [1.807, 2.05) is 36.0 Å². The number of thioether (sulfide) groups is 2. The van der Waals surface area contributed by atoms with Gasteiger partial charge in [-0.05, 0) is 144 Å². The van der Waals surface area contributed by atoms with Crippen LogP contribution in [-0.4, -0.2) is 58.6 Å². The predicted octanol–water partition coefficient (Wildman–Crippen LogP) is 16.3. The summed E-state index contributed by atoms with van der Waals surface area (Å²) < 4.78 is 0. The molecule has 1 saturated carbocycles. The maximum absolute atomic E-state index is 11.8. The first-order valence-electron chi connectivity index (χ1n) is 26.8. The molecule has 2 unspecified atom stereocenters. The van der Waals surface area contributed by atoms with E-state index in [4.69, 9.17) is 9.98 Å². The van der Waals surface area contributed by atoms with Crippen molar-refractivity contribution in [2.75, 3.05) is 23.8 Å². The van der Waals surface area contributed by atoms with Gasteiger partial charge in [0.2, 0.25) is 0 Å². The number of hydrogen-bond donors (Lipinski definition) is 2. The predicted molar refractivity (Wildman–Crippen MR) is 335 cm³/mol. The molecule has 0 aromatic heterocycles. The van der Waals surface area contributed by atoms with Crippen LogP contribution in [0.4, 0.5) is 0 Å². The van der Waals surface area contributed by atoms with Crippen LogP contribution in [0.5, 0.6) is 11.5 Å². The van der Waals surface area contributed by atoms with E-state index in [1.54, 1.807) is 0 Å². The van der Waals surface area contributed by atoms with Crippen molar-refractivity contribution in [1.82, 2.24) is 0 Å². The summed E-state index contributed by atoms with van der Waals surface area (Å²) in [6.07, 6.45) is 9.95. The highest BCUT2D eigenvalue weighted by Gasteiger charge is 2.27. The number of aliphatic imine (C=N–C) groups is 2. The molecule has 388 valence electrons. The Bertz CT molecular complexity index is 2900. The summed E-state index contributed by atoms with van der Waals surface area (Å²) in [5, 5.41) is 29.3. The molecule has 0 spiro atoms. The quantitative estimate of drug-likeness (QED) is 0.0511. The van der Waals surface area contributed by atoms with Crippen LogP contribution in [0.1, 0.15) is 89.5 Å². The molecule has 8 aromatic carbocycles. The molecule has 0 aliphatic heterocycles. The molecule has 8 aromatic rings. The fourth-order valence-corrected chi connectivity index (χ4v) is 17.1. The lowest BCUT2D eigenvalue weighted by Crippen LogP contribution is -2.27. The van der Waals surface area contributed by atoms with Crippen molar-refractivity contribution < 1.29 is 10.2 Å². The van der Waals surface area contributed by atoms with Crippen LogP contribution in [0.3, 0.4) is 0 Å². The van der Waals surface area contributed by atoms with Gasteiger partial charge >= 0.3 is 0 Å². The third-order valence-electron chi connectivity index (χ3n) is 14.2. The highest BCUT2D eigenvalue weighted by Crippen LogP contribution is 2.41. The van der Waals surface area contributed by atoms with Crippen LogP contribution in [0, 0.1) is 0 Å². The Morgan fingerprint density at radius 3 is 1.05 bits per heavy atom. The van der Waals surface area contributed by atoms with Gasteiger partial charge in [0, 0.05) is 56.0 Å². The Hall–Kier alpha value is -5.74. The Labute approximate surface area is 464 Å². The first-order chi connectivity index (χ1) is 36.8. The number of phenolic OH excluding ortho intramolecular Hbond substituents is 2. The van der Waals surface area contributed by atoms with E-state index in [-0.39, 0.29) is 34.4 Å². The summed E-state index contributed by atoms with van der Waals surface area (Å²) in [6.45, 7) is 12.9. The molecular weight excluding hydrogens is 1000 g/mol. The molecule has 0 bridgehead atoms. The number of benzene rings is 8. The minimum Gasteiger partial charge on any atom is -0.507 e. The summed E-state index contributed by atoms with van der Waals surface area (Å²) in [7, 11) is -0.880. The molecule has 9 rings (SSSR count). The summed E-state index contributed by atoms with van der Waals surface area (Å²) in [4.78, 5) is 12.9.